The van der Waals surface area contributed by atoms with Crippen molar-refractivity contribution in [3.8, 4) is 5.75 Å². The first-order chi connectivity index (χ1) is 18.6. The summed E-state index contributed by atoms with van der Waals surface area (Å²) in [5, 5.41) is 3.30. The molecule has 5 nitrogen and oxygen atoms in total. The minimum Gasteiger partial charge on any atom is -0.497 e. The highest BCUT2D eigenvalue weighted by atomic mass is 32.2. The van der Waals surface area contributed by atoms with E-state index in [1.165, 1.54) is 6.42 Å². The number of carbonyl (C=O) groups excluding carboxylic acids is 2. The quantitative estimate of drug-likeness (QED) is 0.281. The number of thioether (sulfide) groups is 1. The summed E-state index contributed by atoms with van der Waals surface area (Å²) >= 11 is 1.66. The molecule has 0 aliphatic heterocycles. The fourth-order valence-electron chi connectivity index (χ4n) is 4.98. The van der Waals surface area contributed by atoms with Crippen molar-refractivity contribution < 1.29 is 14.3 Å². The third-order valence-corrected chi connectivity index (χ3v) is 8.05. The molecule has 0 bridgehead atoms. The second-order valence-electron chi connectivity index (χ2n) is 9.83. The predicted molar refractivity (Wildman–Crippen MR) is 154 cm³/mol. The Kier molecular flexibility index (Phi) is 10.7. The van der Waals surface area contributed by atoms with Crippen molar-refractivity contribution in [2.45, 2.75) is 68.5 Å². The van der Waals surface area contributed by atoms with E-state index in [4.69, 9.17) is 4.74 Å². The number of nitrogens with zero attached hydrogens (tertiary/aromatic N) is 1. The van der Waals surface area contributed by atoms with E-state index >= 15 is 0 Å². The van der Waals surface area contributed by atoms with Crippen LogP contribution in [-0.4, -0.2) is 41.7 Å². The van der Waals surface area contributed by atoms with Gasteiger partial charge in [0.05, 0.1) is 7.11 Å². The van der Waals surface area contributed by atoms with Gasteiger partial charge in [-0.2, -0.15) is 0 Å². The molecule has 1 aliphatic carbocycles. The van der Waals surface area contributed by atoms with Crippen LogP contribution in [0.4, 0.5) is 0 Å². The normalized spacial score (nSPS) is 14.4. The predicted octanol–water partition coefficient (Wildman–Crippen LogP) is 6.27. The van der Waals surface area contributed by atoms with Gasteiger partial charge in [-0.25, -0.2) is 0 Å². The molecular weight excluding hydrogens is 492 g/mol. The van der Waals surface area contributed by atoms with Crippen LogP contribution in [0.2, 0.25) is 0 Å². The molecule has 3 aromatic rings. The van der Waals surface area contributed by atoms with Gasteiger partial charge in [0, 0.05) is 36.1 Å². The monoisotopic (exact) mass is 530 g/mol. The van der Waals surface area contributed by atoms with Crippen LogP contribution < -0.4 is 10.1 Å². The Bertz CT molecular complexity index is 1150. The molecule has 200 valence electrons. The standard InChI is InChI=1S/C32H38N2O3S/c1-37-28-17-11-14-26(22-28)24-34(31(35)20-21-38-29-18-9-4-10-19-29)30(23-25-12-5-2-6-13-25)32(36)33-27-15-7-3-8-16-27/h2,4-6,9-14,17-19,22,27,30H,3,7-8,15-16,20-21,23-24H2,1H3,(H,33,36)/t30-/m1/s1. The molecule has 0 unspecified atom stereocenters. The SMILES string of the molecule is COc1cccc(CN(C(=O)CCSc2ccccc2)[C@H](Cc2ccccc2)C(=O)NC2CCCCC2)c1. The van der Waals surface area contributed by atoms with Crippen LogP contribution in [0.25, 0.3) is 0 Å². The van der Waals surface area contributed by atoms with Crippen LogP contribution in [0.3, 0.4) is 0 Å². The second kappa shape index (κ2) is 14.6. The average molecular weight is 531 g/mol. The van der Waals surface area contributed by atoms with Crippen molar-refractivity contribution in [3.63, 3.8) is 0 Å². The Labute approximate surface area is 231 Å². The average Bonchev–Trinajstić information content (AvgIpc) is 2.96. The molecule has 2 amide bonds. The zero-order valence-corrected chi connectivity index (χ0v) is 23.0. The third kappa shape index (κ3) is 8.38. The van der Waals surface area contributed by atoms with E-state index in [2.05, 4.69) is 17.4 Å². The van der Waals surface area contributed by atoms with Gasteiger partial charge in [-0.05, 0) is 48.2 Å². The molecule has 1 saturated carbocycles. The van der Waals surface area contributed by atoms with Gasteiger partial charge in [-0.3, -0.25) is 9.59 Å². The lowest BCUT2D eigenvalue weighted by Gasteiger charge is -2.33. The molecule has 0 saturated heterocycles. The molecule has 0 radical (unpaired) electrons. The summed E-state index contributed by atoms with van der Waals surface area (Å²) in [6.45, 7) is 0.349. The maximum absolute atomic E-state index is 13.8. The lowest BCUT2D eigenvalue weighted by atomic mass is 9.94. The molecule has 6 heteroatoms. The fraction of sp³-hybridized carbons (Fsp3) is 0.375. The number of amides is 2. The molecule has 1 N–H and O–H groups in total. The Morgan fingerprint density at radius 2 is 1.61 bits per heavy atom. The van der Waals surface area contributed by atoms with Crippen LogP contribution >= 0.6 is 11.8 Å². The first-order valence-corrected chi connectivity index (χ1v) is 14.6. The van der Waals surface area contributed by atoms with Gasteiger partial charge in [-0.15, -0.1) is 11.8 Å². The second-order valence-corrected chi connectivity index (χ2v) is 11.0. The Morgan fingerprint density at radius 3 is 2.32 bits per heavy atom. The first-order valence-electron chi connectivity index (χ1n) is 13.6. The van der Waals surface area contributed by atoms with Crippen LogP contribution in [0.1, 0.15) is 49.7 Å². The van der Waals surface area contributed by atoms with Crippen LogP contribution in [-0.2, 0) is 22.6 Å². The highest BCUT2D eigenvalue weighted by Gasteiger charge is 2.31. The summed E-state index contributed by atoms with van der Waals surface area (Å²) in [5.41, 5.74) is 1.98. The molecule has 0 aromatic heterocycles. The van der Waals surface area contributed by atoms with E-state index in [1.54, 1.807) is 23.8 Å². The minimum atomic E-state index is -0.597. The number of nitrogens with one attached hydrogen (secondary N) is 1. The lowest BCUT2D eigenvalue weighted by Crippen LogP contribution is -2.52. The van der Waals surface area contributed by atoms with Crippen molar-refractivity contribution in [3.05, 3.63) is 96.1 Å². The van der Waals surface area contributed by atoms with Gasteiger partial charge in [0.1, 0.15) is 11.8 Å². The molecule has 3 aromatic carbocycles. The number of ether oxygens (including phenoxy) is 1. The Morgan fingerprint density at radius 1 is 0.921 bits per heavy atom. The molecule has 1 aliphatic rings. The molecule has 38 heavy (non-hydrogen) atoms. The molecule has 0 heterocycles. The maximum Gasteiger partial charge on any atom is 0.243 e. The van der Waals surface area contributed by atoms with Gasteiger partial charge in [0.2, 0.25) is 11.8 Å². The summed E-state index contributed by atoms with van der Waals surface area (Å²) in [5.74, 6) is 1.31. The van der Waals surface area contributed by atoms with Gasteiger partial charge in [-0.1, -0.05) is 79.9 Å². The summed E-state index contributed by atoms with van der Waals surface area (Å²) in [6.07, 6.45) is 6.32. The largest absolute Gasteiger partial charge is 0.497 e. The van der Waals surface area contributed by atoms with Crippen molar-refractivity contribution in [1.82, 2.24) is 10.2 Å². The van der Waals surface area contributed by atoms with Gasteiger partial charge in [0.15, 0.2) is 0 Å². The summed E-state index contributed by atoms with van der Waals surface area (Å²) < 4.78 is 5.43. The van der Waals surface area contributed by atoms with Gasteiger partial charge < -0.3 is 15.0 Å². The number of hydrogen-bond donors (Lipinski definition) is 1. The smallest absolute Gasteiger partial charge is 0.243 e. The minimum absolute atomic E-state index is 0.0176. The van der Waals surface area contributed by atoms with Crippen LogP contribution in [0, 0.1) is 0 Å². The lowest BCUT2D eigenvalue weighted by molar-refractivity contribution is -0.141. The van der Waals surface area contributed by atoms with E-state index < -0.39 is 6.04 Å². The third-order valence-electron chi connectivity index (χ3n) is 7.04. The number of hydrogen-bond acceptors (Lipinski definition) is 4. The topological polar surface area (TPSA) is 58.6 Å². The van der Waals surface area contributed by atoms with E-state index in [0.29, 0.717) is 25.1 Å². The van der Waals surface area contributed by atoms with E-state index in [-0.39, 0.29) is 17.9 Å². The molecule has 0 spiro atoms. The van der Waals surface area contributed by atoms with Crippen LogP contribution in [0.5, 0.6) is 5.75 Å². The molecular formula is C32H38N2O3S. The van der Waals surface area contributed by atoms with E-state index in [9.17, 15) is 9.59 Å². The van der Waals surface area contributed by atoms with Gasteiger partial charge in [0.25, 0.3) is 0 Å². The Balaban J connectivity index is 1.58. The zero-order valence-electron chi connectivity index (χ0n) is 22.2. The first kappa shape index (κ1) is 27.8. The van der Waals surface area contributed by atoms with Crippen molar-refractivity contribution in [1.29, 1.82) is 0 Å². The summed E-state index contributed by atoms with van der Waals surface area (Å²) in [6, 6.07) is 27.4. The highest BCUT2D eigenvalue weighted by molar-refractivity contribution is 7.99. The number of methoxy groups -OCH3 is 1. The summed E-state index contributed by atoms with van der Waals surface area (Å²) in [7, 11) is 1.64. The van der Waals surface area contributed by atoms with Gasteiger partial charge >= 0.3 is 0 Å². The highest BCUT2D eigenvalue weighted by Crippen LogP contribution is 2.23. The summed E-state index contributed by atoms with van der Waals surface area (Å²) in [4.78, 5) is 30.6. The maximum atomic E-state index is 13.8. The van der Waals surface area contributed by atoms with Crippen molar-refractivity contribution in [2.75, 3.05) is 12.9 Å². The van der Waals surface area contributed by atoms with Crippen molar-refractivity contribution >= 4 is 23.6 Å². The van der Waals surface area contributed by atoms with E-state index in [1.807, 2.05) is 72.8 Å². The fourth-order valence-corrected chi connectivity index (χ4v) is 5.84. The van der Waals surface area contributed by atoms with Crippen LogP contribution in [0.15, 0.2) is 89.8 Å². The zero-order chi connectivity index (χ0) is 26.6. The number of benzene rings is 3. The van der Waals surface area contributed by atoms with E-state index in [0.717, 1.165) is 47.5 Å². The number of carbonyl (C=O) groups is 2. The Hall–Kier alpha value is -3.25. The molecule has 1 fully saturated rings. The molecule has 4 rings (SSSR count). The van der Waals surface area contributed by atoms with Crippen molar-refractivity contribution in [2.24, 2.45) is 0 Å². The number of rotatable bonds is 12. The molecule has 1 atom stereocenters.